The number of carbonyl (C=O) groups is 2. The van der Waals surface area contributed by atoms with Gasteiger partial charge in [0.1, 0.15) is 5.82 Å². The lowest BCUT2D eigenvalue weighted by molar-refractivity contribution is -0.142. The van der Waals surface area contributed by atoms with Crippen molar-refractivity contribution in [3.8, 4) is 0 Å². The molecule has 2 heterocycles. The summed E-state index contributed by atoms with van der Waals surface area (Å²) >= 11 is 0. The first-order valence-electron chi connectivity index (χ1n) is 9.98. The second-order valence-corrected chi connectivity index (χ2v) is 7.43. The van der Waals surface area contributed by atoms with Gasteiger partial charge in [-0.05, 0) is 44.2 Å². The number of rotatable bonds is 6. The van der Waals surface area contributed by atoms with Crippen LogP contribution in [0.25, 0.3) is 0 Å². The molecule has 1 aromatic carbocycles. The molecule has 1 N–H and O–H groups in total. The second kappa shape index (κ2) is 8.42. The molecule has 1 saturated heterocycles. The topological polar surface area (TPSA) is 71.5 Å². The Hall–Kier alpha value is -2.89. The van der Waals surface area contributed by atoms with Crippen LogP contribution >= 0.6 is 0 Å². The zero-order valence-electron chi connectivity index (χ0n) is 15.8. The van der Waals surface area contributed by atoms with Gasteiger partial charge in [0.2, 0.25) is 6.10 Å². The highest BCUT2D eigenvalue weighted by Crippen LogP contribution is 2.25. The van der Waals surface area contributed by atoms with Gasteiger partial charge < -0.3 is 15.0 Å². The van der Waals surface area contributed by atoms with E-state index in [1.807, 2.05) is 30.3 Å². The standard InChI is InChI=1S/C22H25N3O3/c26-21(25-13-5-2-6-14-25)20(16-7-3-1-4-8-16)28-22(27)17-9-12-19(23-15-17)24-18-10-11-18/h1,3-4,7-9,12,15,18,20H,2,5-6,10-11,13-14H2,(H,23,24). The van der Waals surface area contributed by atoms with Crippen LogP contribution in [-0.4, -0.2) is 40.9 Å². The number of pyridine rings is 1. The first-order chi connectivity index (χ1) is 13.7. The van der Waals surface area contributed by atoms with Crippen LogP contribution in [0.1, 0.15) is 54.1 Å². The maximum Gasteiger partial charge on any atom is 0.340 e. The van der Waals surface area contributed by atoms with Crippen LogP contribution in [0, 0.1) is 0 Å². The fourth-order valence-electron chi connectivity index (χ4n) is 3.38. The lowest BCUT2D eigenvalue weighted by Gasteiger charge is -2.30. The Balaban J connectivity index is 1.49. The highest BCUT2D eigenvalue weighted by Gasteiger charge is 2.30. The van der Waals surface area contributed by atoms with Gasteiger partial charge in [0.25, 0.3) is 5.91 Å². The Kier molecular flexibility index (Phi) is 5.55. The van der Waals surface area contributed by atoms with E-state index in [0.717, 1.165) is 37.9 Å². The van der Waals surface area contributed by atoms with Crippen molar-refractivity contribution in [2.45, 2.75) is 44.2 Å². The molecule has 1 aromatic heterocycles. The predicted octanol–water partition coefficient (Wildman–Crippen LogP) is 3.57. The molecule has 0 bridgehead atoms. The Labute approximate surface area is 164 Å². The largest absolute Gasteiger partial charge is 0.444 e. The van der Waals surface area contributed by atoms with Crippen molar-refractivity contribution in [3.63, 3.8) is 0 Å². The van der Waals surface area contributed by atoms with E-state index in [1.54, 1.807) is 17.0 Å². The molecule has 146 valence electrons. The predicted molar refractivity (Wildman–Crippen MR) is 106 cm³/mol. The zero-order valence-corrected chi connectivity index (χ0v) is 15.8. The minimum absolute atomic E-state index is 0.153. The summed E-state index contributed by atoms with van der Waals surface area (Å²) in [7, 11) is 0. The third-order valence-corrected chi connectivity index (χ3v) is 5.15. The molecule has 0 spiro atoms. The number of nitrogens with one attached hydrogen (secondary N) is 1. The number of ether oxygens (including phenoxy) is 1. The molecule has 1 atom stereocenters. The lowest BCUT2D eigenvalue weighted by atomic mass is 10.1. The van der Waals surface area contributed by atoms with Crippen LogP contribution in [0.4, 0.5) is 5.82 Å². The Morgan fingerprint density at radius 2 is 1.79 bits per heavy atom. The Morgan fingerprint density at radius 3 is 2.43 bits per heavy atom. The van der Waals surface area contributed by atoms with E-state index in [-0.39, 0.29) is 5.91 Å². The fraction of sp³-hybridized carbons (Fsp3) is 0.409. The average molecular weight is 379 g/mol. The van der Waals surface area contributed by atoms with Gasteiger partial charge in [-0.15, -0.1) is 0 Å². The number of amides is 1. The van der Waals surface area contributed by atoms with Gasteiger partial charge in [0, 0.05) is 30.9 Å². The van der Waals surface area contributed by atoms with E-state index in [9.17, 15) is 9.59 Å². The highest BCUT2D eigenvalue weighted by molar-refractivity contribution is 5.92. The van der Waals surface area contributed by atoms with Crippen molar-refractivity contribution in [1.29, 1.82) is 0 Å². The molecule has 1 aliphatic heterocycles. The first-order valence-corrected chi connectivity index (χ1v) is 9.98. The summed E-state index contributed by atoms with van der Waals surface area (Å²) in [6.45, 7) is 1.42. The molecular formula is C22H25N3O3. The molecule has 0 radical (unpaired) electrons. The Morgan fingerprint density at radius 1 is 1.04 bits per heavy atom. The van der Waals surface area contributed by atoms with E-state index >= 15 is 0 Å². The summed E-state index contributed by atoms with van der Waals surface area (Å²) < 4.78 is 5.68. The molecule has 2 aliphatic rings. The molecule has 1 amide bonds. The molecule has 2 aromatic rings. The number of piperidine rings is 1. The third kappa shape index (κ3) is 4.50. The maximum atomic E-state index is 13.1. The number of aromatic nitrogens is 1. The molecule has 4 rings (SSSR count). The highest BCUT2D eigenvalue weighted by atomic mass is 16.5. The van der Waals surface area contributed by atoms with E-state index in [1.165, 1.54) is 6.20 Å². The minimum Gasteiger partial charge on any atom is -0.444 e. The van der Waals surface area contributed by atoms with Gasteiger partial charge in [-0.2, -0.15) is 0 Å². The molecule has 2 fully saturated rings. The van der Waals surface area contributed by atoms with E-state index in [0.29, 0.717) is 30.3 Å². The van der Waals surface area contributed by atoms with Crippen molar-refractivity contribution >= 4 is 17.7 Å². The van der Waals surface area contributed by atoms with Crippen LogP contribution in [0.3, 0.4) is 0 Å². The van der Waals surface area contributed by atoms with Crippen LogP contribution in [0.5, 0.6) is 0 Å². The third-order valence-electron chi connectivity index (χ3n) is 5.15. The van der Waals surface area contributed by atoms with E-state index in [2.05, 4.69) is 10.3 Å². The molecule has 1 saturated carbocycles. The number of nitrogens with zero attached hydrogens (tertiary/aromatic N) is 2. The molecular weight excluding hydrogens is 354 g/mol. The lowest BCUT2D eigenvalue weighted by Crippen LogP contribution is -2.40. The first kappa shape index (κ1) is 18.5. The number of likely N-dealkylation sites (tertiary alicyclic amines) is 1. The van der Waals surface area contributed by atoms with Gasteiger partial charge in [-0.25, -0.2) is 9.78 Å². The van der Waals surface area contributed by atoms with Crippen molar-refractivity contribution in [3.05, 3.63) is 59.8 Å². The van der Waals surface area contributed by atoms with E-state index in [4.69, 9.17) is 4.74 Å². The zero-order chi connectivity index (χ0) is 19.3. The van der Waals surface area contributed by atoms with Gasteiger partial charge in [0.05, 0.1) is 5.56 Å². The van der Waals surface area contributed by atoms with Crippen LogP contribution in [0.2, 0.25) is 0 Å². The SMILES string of the molecule is O=C(OC(C(=O)N1CCCCC1)c1ccccc1)c1ccc(NC2CC2)nc1. The quantitative estimate of drug-likeness (QED) is 0.777. The molecule has 1 aliphatic carbocycles. The number of hydrogen-bond acceptors (Lipinski definition) is 5. The van der Waals surface area contributed by atoms with Gasteiger partial charge >= 0.3 is 5.97 Å². The van der Waals surface area contributed by atoms with Crippen molar-refractivity contribution in [2.75, 3.05) is 18.4 Å². The van der Waals surface area contributed by atoms with Crippen molar-refractivity contribution < 1.29 is 14.3 Å². The Bertz CT molecular complexity index is 813. The van der Waals surface area contributed by atoms with Gasteiger partial charge in [-0.3, -0.25) is 4.79 Å². The molecule has 6 nitrogen and oxygen atoms in total. The number of hydrogen-bond donors (Lipinski definition) is 1. The number of esters is 1. The van der Waals surface area contributed by atoms with Gasteiger partial charge in [-0.1, -0.05) is 30.3 Å². The summed E-state index contributed by atoms with van der Waals surface area (Å²) in [6.07, 6.45) is 5.98. The smallest absolute Gasteiger partial charge is 0.340 e. The fourth-order valence-corrected chi connectivity index (χ4v) is 3.38. The second-order valence-electron chi connectivity index (χ2n) is 7.43. The van der Waals surface area contributed by atoms with Crippen LogP contribution < -0.4 is 5.32 Å². The van der Waals surface area contributed by atoms with Crippen LogP contribution in [0.15, 0.2) is 48.7 Å². The number of carbonyl (C=O) groups excluding carboxylic acids is 2. The number of anilines is 1. The summed E-state index contributed by atoms with van der Waals surface area (Å²) in [5.41, 5.74) is 1.03. The summed E-state index contributed by atoms with van der Waals surface area (Å²) in [5.74, 6) is 0.0620. The van der Waals surface area contributed by atoms with Crippen molar-refractivity contribution in [1.82, 2.24) is 9.88 Å². The molecule has 1 unspecified atom stereocenters. The maximum absolute atomic E-state index is 13.1. The van der Waals surface area contributed by atoms with E-state index < -0.39 is 12.1 Å². The normalized spacial score (nSPS) is 17.6. The molecule has 28 heavy (non-hydrogen) atoms. The van der Waals surface area contributed by atoms with Gasteiger partial charge in [0.15, 0.2) is 0 Å². The summed E-state index contributed by atoms with van der Waals surface area (Å²) in [6, 6.07) is 13.2. The van der Waals surface area contributed by atoms with Crippen LogP contribution in [-0.2, 0) is 9.53 Å². The minimum atomic E-state index is -0.934. The monoisotopic (exact) mass is 379 g/mol. The summed E-state index contributed by atoms with van der Waals surface area (Å²) in [5, 5.41) is 3.29. The number of benzene rings is 1. The average Bonchev–Trinajstić information content (AvgIpc) is 3.57. The summed E-state index contributed by atoms with van der Waals surface area (Å²) in [4.78, 5) is 31.9. The molecule has 6 heteroatoms. The van der Waals surface area contributed by atoms with Crippen molar-refractivity contribution in [2.24, 2.45) is 0 Å².